The van der Waals surface area contributed by atoms with E-state index in [2.05, 4.69) is 10.2 Å². The number of nitrogens with zero attached hydrogens (tertiary/aromatic N) is 2. The lowest BCUT2D eigenvalue weighted by Gasteiger charge is -2.31. The number of amides is 2. The van der Waals surface area contributed by atoms with Gasteiger partial charge < -0.3 is 19.9 Å². The summed E-state index contributed by atoms with van der Waals surface area (Å²) >= 11 is 6.42. The van der Waals surface area contributed by atoms with Crippen molar-refractivity contribution in [3.8, 4) is 0 Å². The maximum Gasteiger partial charge on any atom is 0.229 e. The highest BCUT2D eigenvalue weighted by molar-refractivity contribution is 6.34. The number of hydrogen-bond acceptors (Lipinski definition) is 4. The second-order valence-corrected chi connectivity index (χ2v) is 7.99. The minimum Gasteiger partial charge on any atom is -0.378 e. The molecule has 0 saturated carbocycles. The Morgan fingerprint density at radius 2 is 2.00 bits per heavy atom. The van der Waals surface area contributed by atoms with Crippen LogP contribution in [0.4, 0.5) is 21.5 Å². The monoisotopic (exact) mass is 431 g/mol. The van der Waals surface area contributed by atoms with E-state index in [9.17, 15) is 14.0 Å². The van der Waals surface area contributed by atoms with E-state index < -0.39 is 11.7 Å². The van der Waals surface area contributed by atoms with Gasteiger partial charge in [-0.2, -0.15) is 0 Å². The van der Waals surface area contributed by atoms with Crippen LogP contribution in [0, 0.1) is 18.7 Å². The molecule has 1 N–H and O–H groups in total. The van der Waals surface area contributed by atoms with Crippen LogP contribution in [0.1, 0.15) is 12.0 Å². The van der Waals surface area contributed by atoms with Gasteiger partial charge in [0.15, 0.2) is 0 Å². The van der Waals surface area contributed by atoms with Crippen LogP contribution in [0.15, 0.2) is 36.4 Å². The SMILES string of the molecule is Cc1ccc(N2CC(C(=O)Nc3cccc(Cl)c3N3CCOCC3)CC2=O)c(F)c1. The van der Waals surface area contributed by atoms with E-state index in [0.717, 1.165) is 11.3 Å². The molecule has 0 spiro atoms. The van der Waals surface area contributed by atoms with Crippen LogP contribution >= 0.6 is 11.6 Å². The fourth-order valence-corrected chi connectivity index (χ4v) is 4.20. The quantitative estimate of drug-likeness (QED) is 0.803. The van der Waals surface area contributed by atoms with Gasteiger partial charge in [-0.25, -0.2) is 4.39 Å². The van der Waals surface area contributed by atoms with Gasteiger partial charge in [0, 0.05) is 26.1 Å². The first-order valence-corrected chi connectivity index (χ1v) is 10.3. The minimum absolute atomic E-state index is 0.0343. The predicted octanol–water partition coefficient (Wildman–Crippen LogP) is 3.62. The summed E-state index contributed by atoms with van der Waals surface area (Å²) in [7, 11) is 0. The van der Waals surface area contributed by atoms with Crippen molar-refractivity contribution in [3.63, 3.8) is 0 Å². The Bertz CT molecular complexity index is 978. The van der Waals surface area contributed by atoms with E-state index in [0.29, 0.717) is 37.0 Å². The summed E-state index contributed by atoms with van der Waals surface area (Å²) in [5, 5.41) is 3.47. The number of carbonyl (C=O) groups excluding carboxylic acids is 2. The number of hydrogen-bond donors (Lipinski definition) is 1. The Balaban J connectivity index is 1.51. The van der Waals surface area contributed by atoms with Crippen molar-refractivity contribution in [3.05, 3.63) is 52.8 Å². The van der Waals surface area contributed by atoms with Gasteiger partial charge in [-0.1, -0.05) is 23.7 Å². The molecule has 2 heterocycles. The third-order valence-corrected chi connectivity index (χ3v) is 5.77. The number of carbonyl (C=O) groups is 2. The number of para-hydroxylation sites is 1. The van der Waals surface area contributed by atoms with Gasteiger partial charge >= 0.3 is 0 Å². The molecule has 158 valence electrons. The zero-order valence-electron chi connectivity index (χ0n) is 16.7. The molecule has 0 bridgehead atoms. The summed E-state index contributed by atoms with van der Waals surface area (Å²) in [5.74, 6) is -1.59. The standard InChI is InChI=1S/C22H23ClFN3O3/c1-14-5-6-19(17(24)11-14)27-13-15(12-20(27)28)22(29)25-18-4-2-3-16(23)21(18)26-7-9-30-10-8-26/h2-6,11,15H,7-10,12-13H2,1H3,(H,25,29). The molecule has 0 radical (unpaired) electrons. The summed E-state index contributed by atoms with van der Waals surface area (Å²) in [6.45, 7) is 4.45. The Kier molecular flexibility index (Phi) is 5.92. The first-order chi connectivity index (χ1) is 14.4. The van der Waals surface area contributed by atoms with Crippen LogP contribution in [-0.4, -0.2) is 44.7 Å². The van der Waals surface area contributed by atoms with Crippen molar-refractivity contribution in [1.29, 1.82) is 0 Å². The molecular weight excluding hydrogens is 409 g/mol. The van der Waals surface area contributed by atoms with E-state index in [1.54, 1.807) is 37.3 Å². The summed E-state index contributed by atoms with van der Waals surface area (Å²) < 4.78 is 19.7. The Labute approximate surface area is 179 Å². The number of morpholine rings is 1. The zero-order chi connectivity index (χ0) is 21.3. The zero-order valence-corrected chi connectivity index (χ0v) is 17.4. The molecule has 1 unspecified atom stereocenters. The van der Waals surface area contributed by atoms with Crippen LogP contribution in [0.25, 0.3) is 0 Å². The number of halogens is 2. The van der Waals surface area contributed by atoms with Gasteiger partial charge in [0.1, 0.15) is 5.82 Å². The van der Waals surface area contributed by atoms with Crippen LogP contribution in [0.3, 0.4) is 0 Å². The predicted molar refractivity (Wildman–Crippen MR) is 115 cm³/mol. The minimum atomic E-state index is -0.574. The van der Waals surface area contributed by atoms with E-state index in [-0.39, 0.29) is 30.5 Å². The van der Waals surface area contributed by atoms with Crippen molar-refractivity contribution in [1.82, 2.24) is 0 Å². The highest BCUT2D eigenvalue weighted by Crippen LogP contribution is 2.35. The lowest BCUT2D eigenvalue weighted by molar-refractivity contribution is -0.122. The average Bonchev–Trinajstić information content (AvgIpc) is 3.10. The Morgan fingerprint density at radius 1 is 1.23 bits per heavy atom. The normalized spacial score (nSPS) is 19.3. The van der Waals surface area contributed by atoms with Crippen LogP contribution in [0.2, 0.25) is 5.02 Å². The number of anilines is 3. The first kappa shape index (κ1) is 20.6. The van der Waals surface area contributed by atoms with Gasteiger partial charge in [-0.05, 0) is 36.8 Å². The lowest BCUT2D eigenvalue weighted by atomic mass is 10.1. The van der Waals surface area contributed by atoms with Gasteiger partial charge in [-0.15, -0.1) is 0 Å². The molecule has 1 atom stereocenters. The highest BCUT2D eigenvalue weighted by Gasteiger charge is 2.36. The molecule has 6 nitrogen and oxygen atoms in total. The Hall–Kier alpha value is -2.64. The van der Waals surface area contributed by atoms with Gasteiger partial charge in [0.05, 0.1) is 41.2 Å². The summed E-state index contributed by atoms with van der Waals surface area (Å²) in [6, 6.07) is 10.1. The number of benzene rings is 2. The second kappa shape index (κ2) is 8.62. The number of ether oxygens (including phenoxy) is 1. The summed E-state index contributed by atoms with van der Waals surface area (Å²) in [4.78, 5) is 28.9. The van der Waals surface area contributed by atoms with Crippen molar-refractivity contribution in [2.45, 2.75) is 13.3 Å². The third kappa shape index (κ3) is 4.13. The van der Waals surface area contributed by atoms with E-state index in [4.69, 9.17) is 16.3 Å². The first-order valence-electron chi connectivity index (χ1n) is 9.92. The average molecular weight is 432 g/mol. The van der Waals surface area contributed by atoms with Crippen LogP contribution < -0.4 is 15.1 Å². The van der Waals surface area contributed by atoms with E-state index in [1.807, 2.05) is 0 Å². The van der Waals surface area contributed by atoms with Gasteiger partial charge in [0.25, 0.3) is 0 Å². The van der Waals surface area contributed by atoms with Crippen molar-refractivity contribution < 1.29 is 18.7 Å². The molecule has 2 aromatic rings. The molecule has 2 aliphatic heterocycles. The van der Waals surface area contributed by atoms with Gasteiger partial charge in [0.2, 0.25) is 11.8 Å². The topological polar surface area (TPSA) is 61.9 Å². The molecule has 0 aromatic heterocycles. The summed E-state index contributed by atoms with van der Waals surface area (Å²) in [5.41, 5.74) is 2.33. The molecule has 2 saturated heterocycles. The number of rotatable bonds is 4. The fraction of sp³-hybridized carbons (Fsp3) is 0.364. The van der Waals surface area contributed by atoms with Crippen molar-refractivity contribution in [2.24, 2.45) is 5.92 Å². The second-order valence-electron chi connectivity index (χ2n) is 7.58. The summed E-state index contributed by atoms with van der Waals surface area (Å²) in [6.07, 6.45) is 0.0343. The largest absolute Gasteiger partial charge is 0.378 e. The van der Waals surface area contributed by atoms with E-state index in [1.165, 1.54) is 11.0 Å². The maximum absolute atomic E-state index is 14.3. The number of nitrogens with one attached hydrogen (secondary N) is 1. The molecule has 8 heteroatoms. The van der Waals surface area contributed by atoms with Crippen molar-refractivity contribution in [2.75, 3.05) is 48.0 Å². The molecular formula is C22H23ClFN3O3. The van der Waals surface area contributed by atoms with Gasteiger partial charge in [-0.3, -0.25) is 9.59 Å². The molecule has 4 rings (SSSR count). The highest BCUT2D eigenvalue weighted by atomic mass is 35.5. The van der Waals surface area contributed by atoms with Crippen LogP contribution in [-0.2, 0) is 14.3 Å². The number of aryl methyl sites for hydroxylation is 1. The molecule has 2 fully saturated rings. The third-order valence-electron chi connectivity index (χ3n) is 5.46. The smallest absolute Gasteiger partial charge is 0.229 e. The maximum atomic E-state index is 14.3. The lowest BCUT2D eigenvalue weighted by Crippen LogP contribution is -2.37. The molecule has 0 aliphatic carbocycles. The van der Waals surface area contributed by atoms with Crippen LogP contribution in [0.5, 0.6) is 0 Å². The van der Waals surface area contributed by atoms with E-state index >= 15 is 0 Å². The Morgan fingerprint density at radius 3 is 2.73 bits per heavy atom. The molecule has 2 aromatic carbocycles. The molecule has 2 aliphatic rings. The molecule has 30 heavy (non-hydrogen) atoms. The fourth-order valence-electron chi connectivity index (χ4n) is 3.91. The van der Waals surface area contributed by atoms with Crippen molar-refractivity contribution >= 4 is 40.5 Å². The molecule has 2 amide bonds.